The third kappa shape index (κ3) is 8.21. The van der Waals surface area contributed by atoms with E-state index in [4.69, 9.17) is 8.75 Å². The summed E-state index contributed by atoms with van der Waals surface area (Å²) < 4.78 is 40.1. The molecule has 13 aromatic rings. The van der Waals surface area contributed by atoms with Gasteiger partial charge in [0.25, 0.3) is 0 Å². The highest BCUT2D eigenvalue weighted by molar-refractivity contribution is 7.00. The van der Waals surface area contributed by atoms with Crippen molar-refractivity contribution in [3.63, 3.8) is 0 Å². The Morgan fingerprint density at radius 2 is 0.740 bits per heavy atom. The van der Waals surface area contributed by atoms with E-state index in [0.29, 0.717) is 0 Å². The molecule has 0 aliphatic rings. The van der Waals surface area contributed by atoms with E-state index in [2.05, 4.69) is 210 Å². The average Bonchev–Trinajstić information content (AvgIpc) is 4.08. The van der Waals surface area contributed by atoms with Gasteiger partial charge >= 0.3 is 0 Å². The topological polar surface area (TPSA) is 34.0 Å². The van der Waals surface area contributed by atoms with Crippen LogP contribution in [0.5, 0.6) is 0 Å². The summed E-state index contributed by atoms with van der Waals surface area (Å²) in [7, 11) is 0. The van der Waals surface area contributed by atoms with Crippen molar-refractivity contribution in [2.24, 2.45) is 0 Å². The van der Waals surface area contributed by atoms with Gasteiger partial charge in [-0.2, -0.15) is 8.75 Å². The van der Waals surface area contributed by atoms with Crippen LogP contribution in [0.25, 0.3) is 105 Å². The predicted octanol–water partition coefficient (Wildman–Crippen LogP) is 18.5. The van der Waals surface area contributed by atoms with Gasteiger partial charge in [0.15, 0.2) is 0 Å². The summed E-state index contributed by atoms with van der Waals surface area (Å²) in [4.78, 5) is 2.27. The molecule has 0 fully saturated rings. The Morgan fingerprint density at radius 1 is 0.329 bits per heavy atom. The number of hydrogen-bond acceptors (Lipinski definition) is 4. The first kappa shape index (κ1) is 43.7. The van der Waals surface area contributed by atoms with Crippen LogP contribution in [0.15, 0.2) is 255 Å². The zero-order valence-electron chi connectivity index (χ0n) is 39.2. The Bertz CT molecular complexity index is 3960. The molecule has 2 heterocycles. The molecular weight excluding hydrogens is 919 g/mol. The summed E-state index contributed by atoms with van der Waals surface area (Å²) in [6, 6.07) is 86.2. The van der Waals surface area contributed by atoms with Crippen LogP contribution in [0, 0.1) is 11.6 Å². The largest absolute Gasteiger partial charge is 0.309 e. The van der Waals surface area contributed by atoms with Crippen LogP contribution in [-0.4, -0.2) is 13.3 Å². The number of anilines is 3. The maximum atomic E-state index is 14.0. The Kier molecular flexibility index (Phi) is 11.1. The summed E-state index contributed by atoms with van der Waals surface area (Å²) in [5.41, 5.74) is 20.5. The molecule has 0 bridgehead atoms. The molecule has 11 aromatic carbocycles. The number of nitrogens with zero attached hydrogens (tertiary/aromatic N) is 4. The second-order valence-corrected chi connectivity index (χ2v) is 18.7. The van der Waals surface area contributed by atoms with E-state index in [1.807, 2.05) is 30.3 Å². The van der Waals surface area contributed by atoms with Crippen molar-refractivity contribution in [1.82, 2.24) is 13.3 Å². The summed E-state index contributed by atoms with van der Waals surface area (Å²) in [5.74, 6) is -0.542. The van der Waals surface area contributed by atoms with E-state index in [1.54, 1.807) is 0 Å². The molecule has 2 aromatic heterocycles. The number of rotatable bonds is 10. The van der Waals surface area contributed by atoms with Crippen LogP contribution >= 0.6 is 11.7 Å². The Labute approximate surface area is 425 Å². The summed E-state index contributed by atoms with van der Waals surface area (Å²) in [5, 5.41) is 2.12. The van der Waals surface area contributed by atoms with Gasteiger partial charge in [0.2, 0.25) is 0 Å². The second kappa shape index (κ2) is 18.5. The molecule has 4 nitrogen and oxygen atoms in total. The Balaban J connectivity index is 0.868. The van der Waals surface area contributed by atoms with E-state index in [9.17, 15) is 8.78 Å². The first-order chi connectivity index (χ1) is 36.0. The molecule has 0 saturated carbocycles. The molecule has 0 aliphatic carbocycles. The van der Waals surface area contributed by atoms with E-state index < -0.39 is 0 Å². The second-order valence-electron chi connectivity index (χ2n) is 18.2. The molecule has 0 unspecified atom stereocenters. The zero-order valence-corrected chi connectivity index (χ0v) is 40.0. The fourth-order valence-corrected chi connectivity index (χ4v) is 10.8. The van der Waals surface area contributed by atoms with Crippen LogP contribution in [0.3, 0.4) is 0 Å². The summed E-state index contributed by atoms with van der Waals surface area (Å²) >= 11 is 1.22. The number of benzene rings is 11. The molecule has 13 rings (SSSR count). The van der Waals surface area contributed by atoms with Gasteiger partial charge in [0, 0.05) is 33.4 Å². The third-order valence-electron chi connectivity index (χ3n) is 13.8. The number of aromatic nitrogens is 3. The van der Waals surface area contributed by atoms with Gasteiger partial charge in [0.05, 0.1) is 28.4 Å². The number of halogens is 2. The van der Waals surface area contributed by atoms with Gasteiger partial charge in [-0.05, 0) is 176 Å². The van der Waals surface area contributed by atoms with Crippen LogP contribution in [-0.2, 0) is 0 Å². The van der Waals surface area contributed by atoms with Crippen LogP contribution in [0.1, 0.15) is 0 Å². The fraction of sp³-hybridized carbons (Fsp3) is 0. The lowest BCUT2D eigenvalue weighted by Gasteiger charge is -2.26. The molecule has 7 heteroatoms. The lowest BCUT2D eigenvalue weighted by atomic mass is 9.93. The monoisotopic (exact) mass is 960 g/mol. The molecule has 0 radical (unpaired) electrons. The quantitative estimate of drug-likeness (QED) is 0.137. The van der Waals surface area contributed by atoms with Gasteiger partial charge in [-0.3, -0.25) is 0 Å². The van der Waals surface area contributed by atoms with Crippen molar-refractivity contribution in [1.29, 1.82) is 0 Å². The van der Waals surface area contributed by atoms with Gasteiger partial charge in [-0.1, -0.05) is 140 Å². The van der Waals surface area contributed by atoms with Crippen molar-refractivity contribution in [3.8, 4) is 72.4 Å². The lowest BCUT2D eigenvalue weighted by molar-refractivity contribution is 0.627. The minimum absolute atomic E-state index is 0.271. The van der Waals surface area contributed by atoms with Crippen LogP contribution in [0.2, 0.25) is 0 Å². The average molecular weight is 961 g/mol. The summed E-state index contributed by atoms with van der Waals surface area (Å²) in [6.45, 7) is 0. The normalized spacial score (nSPS) is 11.4. The highest BCUT2D eigenvalue weighted by Gasteiger charge is 2.21. The fourth-order valence-electron chi connectivity index (χ4n) is 10.2. The van der Waals surface area contributed by atoms with Crippen molar-refractivity contribution in [2.75, 3.05) is 4.90 Å². The lowest BCUT2D eigenvalue weighted by Crippen LogP contribution is -2.10. The molecule has 346 valence electrons. The maximum absolute atomic E-state index is 14.0. The molecular formula is C66H42F2N4S. The van der Waals surface area contributed by atoms with Crippen molar-refractivity contribution in [2.45, 2.75) is 0 Å². The van der Waals surface area contributed by atoms with Crippen molar-refractivity contribution in [3.05, 3.63) is 266 Å². The molecule has 0 N–H and O–H groups in total. The molecule has 0 atom stereocenters. The van der Waals surface area contributed by atoms with E-state index in [-0.39, 0.29) is 11.6 Å². The van der Waals surface area contributed by atoms with E-state index in [1.165, 1.54) is 58.2 Å². The minimum Gasteiger partial charge on any atom is -0.309 e. The zero-order chi connectivity index (χ0) is 48.8. The number of fused-ring (bicyclic) bond motifs is 4. The molecule has 0 amide bonds. The SMILES string of the molecule is Fc1ccc(-c2ccc3c(c2)c2cc(-c4ccc(F)cc4)ccc2n3-c2ccc(-c3ccc(N(c4ccccc4)c4ccc(-c5cc(-c6ccccc6)cc(-c6ccccc6)c5)cc4)c4nsnc34)cc2)cc1. The Morgan fingerprint density at radius 3 is 1.26 bits per heavy atom. The standard InChI is InChI=1S/C66H42F2N4S/c67-54-26-16-45(17-27-54)49-24-35-62-60(41-49)61-42-50(46-18-28-55(68)29-19-46)25-36-63(61)72(62)58-32-22-48(23-33-58)59-34-37-64(66-65(59)69-73-70-66)71(56-14-8-3-9-15-56)57-30-20-47(21-31-57)53-39-51(43-10-4-1-5-11-43)38-52(40-53)44-12-6-2-7-13-44/h1-42H. The summed E-state index contributed by atoms with van der Waals surface area (Å²) in [6.07, 6.45) is 0. The maximum Gasteiger partial charge on any atom is 0.129 e. The highest BCUT2D eigenvalue weighted by Crippen LogP contribution is 2.43. The minimum atomic E-state index is -0.271. The van der Waals surface area contributed by atoms with E-state index >= 15 is 0 Å². The van der Waals surface area contributed by atoms with Crippen LogP contribution in [0.4, 0.5) is 25.8 Å². The molecule has 0 saturated heterocycles. The third-order valence-corrected chi connectivity index (χ3v) is 14.3. The van der Waals surface area contributed by atoms with Gasteiger partial charge in [-0.15, -0.1) is 0 Å². The number of hydrogen-bond donors (Lipinski definition) is 0. The first-order valence-corrected chi connectivity index (χ1v) is 24.9. The van der Waals surface area contributed by atoms with Gasteiger partial charge in [-0.25, -0.2) is 8.78 Å². The van der Waals surface area contributed by atoms with Gasteiger partial charge in [0.1, 0.15) is 22.7 Å². The molecule has 73 heavy (non-hydrogen) atoms. The van der Waals surface area contributed by atoms with E-state index in [0.717, 1.165) is 100 Å². The van der Waals surface area contributed by atoms with Crippen molar-refractivity contribution >= 4 is 61.6 Å². The number of para-hydroxylation sites is 1. The van der Waals surface area contributed by atoms with Crippen molar-refractivity contribution < 1.29 is 8.78 Å². The molecule has 0 aliphatic heterocycles. The highest BCUT2D eigenvalue weighted by atomic mass is 32.1. The Hall–Kier alpha value is -9.30. The predicted molar refractivity (Wildman–Crippen MR) is 299 cm³/mol. The van der Waals surface area contributed by atoms with Crippen LogP contribution < -0.4 is 4.90 Å². The smallest absolute Gasteiger partial charge is 0.129 e. The van der Waals surface area contributed by atoms with Gasteiger partial charge < -0.3 is 9.47 Å². The molecule has 0 spiro atoms. The first-order valence-electron chi connectivity index (χ1n) is 24.2.